The number of thiazole rings is 1. The molecule has 0 saturated heterocycles. The minimum Gasteiger partial charge on any atom is -0.301 e. The summed E-state index contributed by atoms with van der Waals surface area (Å²) in [6, 6.07) is 17.5. The highest BCUT2D eigenvalue weighted by atomic mass is 35.5. The first kappa shape index (κ1) is 18.2. The first-order valence-electron chi connectivity index (χ1n) is 8.52. The Morgan fingerprint density at radius 2 is 2.00 bits per heavy atom. The van der Waals surface area contributed by atoms with Crippen LogP contribution in [0.25, 0.3) is 21.1 Å². The Morgan fingerprint density at radius 1 is 1.15 bits per heavy atom. The second-order valence-electron chi connectivity index (χ2n) is 5.98. The fourth-order valence-corrected chi connectivity index (χ4v) is 4.79. The number of carbonyl (C=O) groups is 1. The van der Waals surface area contributed by atoms with Crippen molar-refractivity contribution < 1.29 is 4.79 Å². The summed E-state index contributed by atoms with van der Waals surface area (Å²) in [5, 5.41) is 5.87. The number of rotatable bonds is 5. The molecule has 1 unspecified atom stereocenters. The van der Waals surface area contributed by atoms with Crippen molar-refractivity contribution in [1.82, 2.24) is 9.97 Å². The predicted octanol–water partition coefficient (Wildman–Crippen LogP) is 6.01. The Hall–Kier alpha value is -2.15. The van der Waals surface area contributed by atoms with E-state index in [1.54, 1.807) is 6.07 Å². The van der Waals surface area contributed by atoms with Gasteiger partial charge in [0.25, 0.3) is 0 Å². The summed E-state index contributed by atoms with van der Waals surface area (Å²) < 4.78 is 0.953. The van der Waals surface area contributed by atoms with Gasteiger partial charge in [-0.15, -0.1) is 0 Å². The van der Waals surface area contributed by atoms with E-state index in [9.17, 15) is 4.79 Å². The van der Waals surface area contributed by atoms with E-state index >= 15 is 0 Å². The fraction of sp³-hybridized carbons (Fsp3) is 0.150. The number of anilines is 1. The summed E-state index contributed by atoms with van der Waals surface area (Å²) in [6.07, 6.45) is 0.696. The van der Waals surface area contributed by atoms with Crippen LogP contribution in [0.3, 0.4) is 0 Å². The van der Waals surface area contributed by atoms with Gasteiger partial charge in [0.2, 0.25) is 5.91 Å². The van der Waals surface area contributed by atoms with Gasteiger partial charge in [-0.1, -0.05) is 65.9 Å². The lowest BCUT2D eigenvalue weighted by Crippen LogP contribution is -2.24. The number of amides is 1. The zero-order chi connectivity index (χ0) is 18.8. The monoisotopic (exact) mass is 413 g/mol. The number of aromatic nitrogens is 2. The molecule has 2 heterocycles. The van der Waals surface area contributed by atoms with Crippen molar-refractivity contribution in [3.8, 4) is 0 Å². The summed E-state index contributed by atoms with van der Waals surface area (Å²) in [4.78, 5) is 21.8. The molecule has 0 aliphatic heterocycles. The average molecular weight is 414 g/mol. The van der Waals surface area contributed by atoms with Crippen LogP contribution in [-0.4, -0.2) is 21.1 Å². The van der Waals surface area contributed by atoms with Crippen molar-refractivity contribution in [2.45, 2.75) is 23.6 Å². The summed E-state index contributed by atoms with van der Waals surface area (Å²) >= 11 is 8.92. The summed E-state index contributed by atoms with van der Waals surface area (Å²) in [5.74, 6) is -0.0670. The topological polar surface area (TPSA) is 54.9 Å². The number of pyridine rings is 1. The maximum absolute atomic E-state index is 12.7. The lowest BCUT2D eigenvalue weighted by Gasteiger charge is -2.13. The molecule has 1 N–H and O–H groups in total. The molecule has 4 nitrogen and oxygen atoms in total. The van der Waals surface area contributed by atoms with Gasteiger partial charge in [0.05, 0.1) is 26.0 Å². The number of nitrogens with one attached hydrogen (secondary N) is 1. The summed E-state index contributed by atoms with van der Waals surface area (Å²) in [6.45, 7) is 2.00. The molecule has 2 aromatic carbocycles. The fourth-order valence-electron chi connectivity index (χ4n) is 2.72. The molecule has 136 valence electrons. The molecule has 4 rings (SSSR count). The lowest BCUT2D eigenvalue weighted by molar-refractivity contribution is -0.115. The molecule has 27 heavy (non-hydrogen) atoms. The SMILES string of the molecule is CCC(Sc1ccc2ccccc2n1)C(=O)Nc1nc2ccc(Cl)cc2s1. The molecule has 7 heteroatoms. The molecule has 0 bridgehead atoms. The molecule has 0 aliphatic carbocycles. The average Bonchev–Trinajstić information content (AvgIpc) is 3.07. The largest absolute Gasteiger partial charge is 0.301 e. The molecule has 1 amide bonds. The van der Waals surface area contributed by atoms with E-state index in [4.69, 9.17) is 11.6 Å². The van der Waals surface area contributed by atoms with Gasteiger partial charge in [-0.05, 0) is 36.8 Å². The van der Waals surface area contributed by atoms with Gasteiger partial charge in [0.15, 0.2) is 5.13 Å². The standard InChI is InChI=1S/C20H16ClN3OS2/c1-2-16(26-18-10-7-12-5-3-4-6-14(12)22-18)19(25)24-20-23-15-9-8-13(21)11-17(15)27-20/h3-11,16H,2H2,1H3,(H,23,24,25). The van der Waals surface area contributed by atoms with Crippen LogP contribution >= 0.6 is 34.7 Å². The van der Waals surface area contributed by atoms with Crippen LogP contribution in [0.15, 0.2) is 59.6 Å². The third-order valence-electron chi connectivity index (χ3n) is 4.08. The van der Waals surface area contributed by atoms with Crippen molar-refractivity contribution >= 4 is 66.9 Å². The molecule has 0 radical (unpaired) electrons. The van der Waals surface area contributed by atoms with E-state index in [1.807, 2.05) is 55.5 Å². The van der Waals surface area contributed by atoms with E-state index in [1.165, 1.54) is 23.1 Å². The van der Waals surface area contributed by atoms with E-state index in [2.05, 4.69) is 15.3 Å². The normalized spacial score (nSPS) is 12.4. The third kappa shape index (κ3) is 4.08. The van der Waals surface area contributed by atoms with Gasteiger partial charge >= 0.3 is 0 Å². The maximum Gasteiger partial charge on any atom is 0.239 e. The van der Waals surface area contributed by atoms with E-state index < -0.39 is 0 Å². The quantitative estimate of drug-likeness (QED) is 0.407. The predicted molar refractivity (Wildman–Crippen MR) is 115 cm³/mol. The van der Waals surface area contributed by atoms with Gasteiger partial charge in [0, 0.05) is 10.4 Å². The molecular weight excluding hydrogens is 398 g/mol. The molecule has 0 fully saturated rings. The molecule has 4 aromatic rings. The Balaban J connectivity index is 1.51. The van der Waals surface area contributed by atoms with Crippen LogP contribution < -0.4 is 5.32 Å². The first-order chi connectivity index (χ1) is 13.1. The van der Waals surface area contributed by atoms with Gasteiger partial charge in [-0.25, -0.2) is 9.97 Å². The number of nitrogens with zero attached hydrogens (tertiary/aromatic N) is 2. The zero-order valence-corrected chi connectivity index (χ0v) is 16.9. The Morgan fingerprint density at radius 3 is 2.85 bits per heavy atom. The van der Waals surface area contributed by atoms with E-state index in [-0.39, 0.29) is 11.2 Å². The summed E-state index contributed by atoms with van der Waals surface area (Å²) in [7, 11) is 0. The Labute approximate surface area is 170 Å². The van der Waals surface area contributed by atoms with Crippen LogP contribution in [0.2, 0.25) is 5.02 Å². The highest BCUT2D eigenvalue weighted by Crippen LogP contribution is 2.30. The van der Waals surface area contributed by atoms with Crippen molar-refractivity contribution in [1.29, 1.82) is 0 Å². The molecule has 0 aliphatic rings. The van der Waals surface area contributed by atoms with Crippen molar-refractivity contribution in [3.05, 3.63) is 59.6 Å². The van der Waals surface area contributed by atoms with Crippen molar-refractivity contribution in [2.75, 3.05) is 5.32 Å². The van der Waals surface area contributed by atoms with Crippen LogP contribution in [0.5, 0.6) is 0 Å². The van der Waals surface area contributed by atoms with E-state index in [0.29, 0.717) is 16.6 Å². The highest BCUT2D eigenvalue weighted by molar-refractivity contribution is 8.00. The van der Waals surface area contributed by atoms with Gasteiger partial charge in [0.1, 0.15) is 0 Å². The van der Waals surface area contributed by atoms with Gasteiger partial charge in [-0.3, -0.25) is 4.79 Å². The van der Waals surface area contributed by atoms with Crippen molar-refractivity contribution in [2.24, 2.45) is 0 Å². The molecule has 0 saturated carbocycles. The number of benzene rings is 2. The van der Waals surface area contributed by atoms with Crippen LogP contribution in [-0.2, 0) is 4.79 Å². The Bertz CT molecular complexity index is 1130. The van der Waals surface area contributed by atoms with Gasteiger partial charge in [-0.2, -0.15) is 0 Å². The number of thioether (sulfide) groups is 1. The first-order valence-corrected chi connectivity index (χ1v) is 10.6. The van der Waals surface area contributed by atoms with Crippen LogP contribution in [0, 0.1) is 0 Å². The number of hydrogen-bond acceptors (Lipinski definition) is 5. The number of carbonyl (C=O) groups excluding carboxylic acids is 1. The smallest absolute Gasteiger partial charge is 0.239 e. The molecule has 1 atom stereocenters. The second-order valence-corrected chi connectivity index (χ2v) is 8.67. The minimum absolute atomic E-state index is 0.0670. The zero-order valence-electron chi connectivity index (χ0n) is 14.5. The number of para-hydroxylation sites is 1. The third-order valence-corrected chi connectivity index (χ3v) is 6.55. The van der Waals surface area contributed by atoms with Gasteiger partial charge < -0.3 is 5.32 Å². The number of halogens is 1. The molecule has 2 aromatic heterocycles. The number of fused-ring (bicyclic) bond motifs is 2. The highest BCUT2D eigenvalue weighted by Gasteiger charge is 2.20. The summed E-state index contributed by atoms with van der Waals surface area (Å²) in [5.41, 5.74) is 1.76. The van der Waals surface area contributed by atoms with Crippen LogP contribution in [0.1, 0.15) is 13.3 Å². The molecule has 0 spiro atoms. The lowest BCUT2D eigenvalue weighted by atomic mass is 10.2. The Kier molecular flexibility index (Phi) is 5.29. The molecular formula is C20H16ClN3OS2. The minimum atomic E-state index is -0.241. The second kappa shape index (κ2) is 7.84. The van der Waals surface area contributed by atoms with Crippen LogP contribution in [0.4, 0.5) is 5.13 Å². The number of hydrogen-bond donors (Lipinski definition) is 1. The van der Waals surface area contributed by atoms with Crippen molar-refractivity contribution in [3.63, 3.8) is 0 Å². The maximum atomic E-state index is 12.7. The van der Waals surface area contributed by atoms with E-state index in [0.717, 1.165) is 26.1 Å².